The molecular weight excluding hydrogens is 248 g/mol. The Morgan fingerprint density at radius 1 is 0.800 bits per heavy atom. The van der Waals surface area contributed by atoms with Gasteiger partial charge in [-0.1, -0.05) is 75.5 Å². The Kier molecular flexibility index (Phi) is 14.7. The van der Waals surface area contributed by atoms with Crippen LogP contribution in [0.4, 0.5) is 0 Å². The fourth-order valence-electron chi connectivity index (χ4n) is 1.94. The number of unbranched alkanes of at least 4 members (excludes halogenated alkanes) is 7. The molecule has 0 aromatic rings. The maximum absolute atomic E-state index is 10.3. The summed E-state index contributed by atoms with van der Waals surface area (Å²) in [5, 5.41) is 8.50. The van der Waals surface area contributed by atoms with Gasteiger partial charge in [0.25, 0.3) is 0 Å². The second-order valence-corrected chi connectivity index (χ2v) is 5.06. The second-order valence-electron chi connectivity index (χ2n) is 5.06. The van der Waals surface area contributed by atoms with Crippen LogP contribution in [0.25, 0.3) is 0 Å². The lowest BCUT2D eigenvalue weighted by Crippen LogP contribution is -1.93. The molecular formula is C18H30O2. The third-order valence-corrected chi connectivity index (χ3v) is 3.10. The number of carboxylic acid groups (broad SMARTS) is 1. The molecule has 0 saturated carbocycles. The SMILES string of the molecule is CC\C=C/C=C/C=C/CCCCCCCCCC(=O)O. The predicted molar refractivity (Wildman–Crippen MR) is 86.9 cm³/mol. The van der Waals surface area contributed by atoms with E-state index in [1.807, 2.05) is 0 Å². The first kappa shape index (κ1) is 18.7. The monoisotopic (exact) mass is 278 g/mol. The number of carboxylic acids is 1. The predicted octanol–water partition coefficient (Wildman–Crippen LogP) is 5.66. The van der Waals surface area contributed by atoms with Crippen LogP contribution in [0.2, 0.25) is 0 Å². The van der Waals surface area contributed by atoms with Gasteiger partial charge in [-0.3, -0.25) is 4.79 Å². The molecule has 114 valence electrons. The van der Waals surface area contributed by atoms with E-state index >= 15 is 0 Å². The minimum absolute atomic E-state index is 0.325. The molecule has 0 radical (unpaired) electrons. The van der Waals surface area contributed by atoms with Crippen molar-refractivity contribution in [3.05, 3.63) is 36.5 Å². The minimum Gasteiger partial charge on any atom is -0.481 e. The summed E-state index contributed by atoms with van der Waals surface area (Å²) >= 11 is 0. The van der Waals surface area contributed by atoms with E-state index in [1.54, 1.807) is 0 Å². The van der Waals surface area contributed by atoms with Crippen LogP contribution in [0.1, 0.15) is 71.1 Å². The molecule has 0 bridgehead atoms. The second kappa shape index (κ2) is 15.7. The standard InChI is InChI=1S/C18H30O2/c1-2-3-4-5-6-7-8-9-10-11-12-13-14-15-16-17-18(19)20/h3-8H,2,9-17H2,1H3,(H,19,20)/b4-3-,6-5+,8-7+. The van der Waals surface area contributed by atoms with Crippen molar-refractivity contribution in [2.45, 2.75) is 71.1 Å². The molecule has 0 aliphatic rings. The van der Waals surface area contributed by atoms with E-state index < -0.39 is 5.97 Å². The third kappa shape index (κ3) is 16.7. The van der Waals surface area contributed by atoms with Crippen molar-refractivity contribution in [3.8, 4) is 0 Å². The zero-order chi connectivity index (χ0) is 14.9. The average Bonchev–Trinajstić information content (AvgIpc) is 2.43. The molecule has 2 heteroatoms. The van der Waals surface area contributed by atoms with Crippen molar-refractivity contribution < 1.29 is 9.90 Å². The molecule has 0 aliphatic heterocycles. The summed E-state index contributed by atoms with van der Waals surface area (Å²) in [5.41, 5.74) is 0. The number of hydrogen-bond acceptors (Lipinski definition) is 1. The molecule has 0 fully saturated rings. The molecule has 0 unspecified atom stereocenters. The van der Waals surface area contributed by atoms with Crippen LogP contribution in [0.5, 0.6) is 0 Å². The summed E-state index contributed by atoms with van der Waals surface area (Å²) in [7, 11) is 0. The third-order valence-electron chi connectivity index (χ3n) is 3.10. The zero-order valence-electron chi connectivity index (χ0n) is 12.9. The first-order valence-electron chi connectivity index (χ1n) is 7.97. The van der Waals surface area contributed by atoms with E-state index in [0.29, 0.717) is 6.42 Å². The molecule has 0 rings (SSSR count). The molecule has 0 atom stereocenters. The van der Waals surface area contributed by atoms with Crippen LogP contribution in [0, 0.1) is 0 Å². The smallest absolute Gasteiger partial charge is 0.303 e. The molecule has 0 aromatic heterocycles. The van der Waals surface area contributed by atoms with Gasteiger partial charge in [0, 0.05) is 6.42 Å². The van der Waals surface area contributed by atoms with Gasteiger partial charge in [0.1, 0.15) is 0 Å². The van der Waals surface area contributed by atoms with Crippen LogP contribution < -0.4 is 0 Å². The molecule has 0 heterocycles. The summed E-state index contributed by atoms with van der Waals surface area (Å²) in [6.07, 6.45) is 23.4. The van der Waals surface area contributed by atoms with Gasteiger partial charge in [-0.2, -0.15) is 0 Å². The molecule has 1 N–H and O–H groups in total. The Hall–Kier alpha value is -1.31. The van der Waals surface area contributed by atoms with E-state index in [0.717, 1.165) is 25.7 Å². The molecule has 0 aliphatic carbocycles. The fourth-order valence-corrected chi connectivity index (χ4v) is 1.94. The highest BCUT2D eigenvalue weighted by atomic mass is 16.4. The number of hydrogen-bond donors (Lipinski definition) is 1. The largest absolute Gasteiger partial charge is 0.481 e. The quantitative estimate of drug-likeness (QED) is 0.348. The van der Waals surface area contributed by atoms with Crippen LogP contribution in [0.3, 0.4) is 0 Å². The highest BCUT2D eigenvalue weighted by molar-refractivity contribution is 5.66. The van der Waals surface area contributed by atoms with Crippen molar-refractivity contribution in [1.29, 1.82) is 0 Å². The maximum atomic E-state index is 10.3. The van der Waals surface area contributed by atoms with Crippen LogP contribution in [-0.2, 0) is 4.79 Å². The normalized spacial score (nSPS) is 12.1. The number of aliphatic carboxylic acids is 1. The van der Waals surface area contributed by atoms with Gasteiger partial charge >= 0.3 is 5.97 Å². The Morgan fingerprint density at radius 2 is 1.35 bits per heavy atom. The fraction of sp³-hybridized carbons (Fsp3) is 0.611. The molecule has 0 amide bonds. The van der Waals surface area contributed by atoms with Crippen LogP contribution in [0.15, 0.2) is 36.5 Å². The summed E-state index contributed by atoms with van der Waals surface area (Å²) < 4.78 is 0. The van der Waals surface area contributed by atoms with E-state index in [9.17, 15) is 4.79 Å². The first-order valence-corrected chi connectivity index (χ1v) is 7.97. The Bertz CT molecular complexity index is 301. The zero-order valence-corrected chi connectivity index (χ0v) is 12.9. The van der Waals surface area contributed by atoms with Gasteiger partial charge in [-0.25, -0.2) is 0 Å². The topological polar surface area (TPSA) is 37.3 Å². The van der Waals surface area contributed by atoms with E-state index in [4.69, 9.17) is 5.11 Å². The van der Waals surface area contributed by atoms with E-state index in [2.05, 4.69) is 43.4 Å². The Balaban J connectivity index is 3.20. The van der Waals surface area contributed by atoms with Crippen LogP contribution in [-0.4, -0.2) is 11.1 Å². The number of carbonyl (C=O) groups is 1. The molecule has 0 spiro atoms. The lowest BCUT2D eigenvalue weighted by molar-refractivity contribution is -0.137. The highest BCUT2D eigenvalue weighted by Crippen LogP contribution is 2.09. The van der Waals surface area contributed by atoms with Gasteiger partial charge in [-0.15, -0.1) is 0 Å². The van der Waals surface area contributed by atoms with Crippen molar-refractivity contribution in [3.63, 3.8) is 0 Å². The van der Waals surface area contributed by atoms with Crippen molar-refractivity contribution >= 4 is 5.97 Å². The summed E-state index contributed by atoms with van der Waals surface area (Å²) in [4.78, 5) is 10.3. The minimum atomic E-state index is -0.670. The van der Waals surface area contributed by atoms with E-state index in [1.165, 1.54) is 32.1 Å². The van der Waals surface area contributed by atoms with Crippen molar-refractivity contribution in [2.24, 2.45) is 0 Å². The molecule has 20 heavy (non-hydrogen) atoms. The highest BCUT2D eigenvalue weighted by Gasteiger charge is 1.96. The lowest BCUT2D eigenvalue weighted by Gasteiger charge is -1.99. The Labute approximate surface area is 124 Å². The van der Waals surface area contributed by atoms with Crippen LogP contribution >= 0.6 is 0 Å². The lowest BCUT2D eigenvalue weighted by atomic mass is 10.1. The summed E-state index contributed by atoms with van der Waals surface area (Å²) in [5.74, 6) is -0.670. The van der Waals surface area contributed by atoms with Crippen molar-refractivity contribution in [2.75, 3.05) is 0 Å². The van der Waals surface area contributed by atoms with Gasteiger partial charge in [-0.05, 0) is 25.7 Å². The number of allylic oxidation sites excluding steroid dienone is 6. The van der Waals surface area contributed by atoms with Gasteiger partial charge < -0.3 is 5.11 Å². The van der Waals surface area contributed by atoms with Gasteiger partial charge in [0.05, 0.1) is 0 Å². The molecule has 2 nitrogen and oxygen atoms in total. The summed E-state index contributed by atoms with van der Waals surface area (Å²) in [6.45, 7) is 2.13. The summed E-state index contributed by atoms with van der Waals surface area (Å²) in [6, 6.07) is 0. The number of rotatable bonds is 13. The van der Waals surface area contributed by atoms with E-state index in [-0.39, 0.29) is 0 Å². The molecule has 0 saturated heterocycles. The first-order chi connectivity index (χ1) is 9.77. The van der Waals surface area contributed by atoms with Gasteiger partial charge in [0.2, 0.25) is 0 Å². The van der Waals surface area contributed by atoms with Crippen molar-refractivity contribution in [1.82, 2.24) is 0 Å². The molecule has 0 aromatic carbocycles. The van der Waals surface area contributed by atoms with Gasteiger partial charge in [0.15, 0.2) is 0 Å². The maximum Gasteiger partial charge on any atom is 0.303 e. The Morgan fingerprint density at radius 3 is 1.95 bits per heavy atom. The average molecular weight is 278 g/mol.